The first kappa shape index (κ1) is 24.9. The monoisotopic (exact) mass is 482 g/mol. The third kappa shape index (κ3) is 4.36. The number of carbonyl (C=O) groups excluding carboxylic acids is 2. The van der Waals surface area contributed by atoms with Crippen molar-refractivity contribution >= 4 is 11.8 Å². The Morgan fingerprint density at radius 1 is 0.824 bits per heavy atom. The number of esters is 1. The largest absolute Gasteiger partial charge is 0.507 e. The molecule has 184 valence electrons. The van der Waals surface area contributed by atoms with Gasteiger partial charge in [-0.3, -0.25) is 4.79 Å². The Hall–Kier alpha value is -3.78. The first-order valence-electron chi connectivity index (χ1n) is 9.75. The topological polar surface area (TPSA) is 235 Å². The molecule has 0 aliphatic carbocycles. The summed E-state index contributed by atoms with van der Waals surface area (Å²) in [7, 11) is 0. The minimum atomic E-state index is -1.92. The summed E-state index contributed by atoms with van der Waals surface area (Å²) < 4.78 is 10.4. The van der Waals surface area contributed by atoms with Gasteiger partial charge in [0.25, 0.3) is 0 Å². The number of hydrogen-bond donors (Lipinski definition) is 9. The van der Waals surface area contributed by atoms with Gasteiger partial charge in [-0.25, -0.2) is 4.79 Å². The maximum atomic E-state index is 12.3. The molecular formula is C21H22O13. The standard InChI is InChI=1S/C21H22O13/c1-6(22)13-8(23)4-9(24)14(17(13)29)20-19(31)18(30)16(28)12(34-20)5-33-21(32)7-2-10(25)15(27)11(26)3-7/h2-4,12,16,18-20,23-31H,5H2,1H3/t12-,16-,18+,19-,20+/m1/s1. The first-order chi connectivity index (χ1) is 15.8. The summed E-state index contributed by atoms with van der Waals surface area (Å²) in [6, 6.07) is 2.32. The number of phenols is 6. The Balaban J connectivity index is 1.87. The van der Waals surface area contributed by atoms with Crippen molar-refractivity contribution in [3.8, 4) is 34.5 Å². The number of benzene rings is 2. The Labute approximate surface area is 190 Å². The van der Waals surface area contributed by atoms with Gasteiger partial charge in [0.05, 0.1) is 11.1 Å². The molecule has 13 heteroatoms. The molecule has 0 amide bonds. The van der Waals surface area contributed by atoms with Crippen molar-refractivity contribution in [3.05, 3.63) is 34.9 Å². The van der Waals surface area contributed by atoms with Gasteiger partial charge in [0.2, 0.25) is 0 Å². The van der Waals surface area contributed by atoms with Crippen LogP contribution in [-0.4, -0.2) is 88.7 Å². The maximum Gasteiger partial charge on any atom is 0.338 e. The van der Waals surface area contributed by atoms with Gasteiger partial charge in [-0.2, -0.15) is 0 Å². The van der Waals surface area contributed by atoms with Crippen molar-refractivity contribution in [2.24, 2.45) is 0 Å². The van der Waals surface area contributed by atoms with Gasteiger partial charge < -0.3 is 55.4 Å². The number of ether oxygens (including phenoxy) is 2. The van der Waals surface area contributed by atoms with E-state index in [2.05, 4.69) is 0 Å². The zero-order chi connectivity index (χ0) is 25.5. The van der Waals surface area contributed by atoms with Crippen LogP contribution in [0.25, 0.3) is 0 Å². The molecule has 1 aliphatic heterocycles. The molecule has 1 saturated heterocycles. The van der Waals surface area contributed by atoms with E-state index in [4.69, 9.17) is 9.47 Å². The fourth-order valence-corrected chi connectivity index (χ4v) is 3.57. The van der Waals surface area contributed by atoms with E-state index in [0.29, 0.717) is 0 Å². The van der Waals surface area contributed by atoms with E-state index in [1.165, 1.54) is 0 Å². The normalized spacial score (nSPS) is 24.5. The lowest BCUT2D eigenvalue weighted by atomic mass is 9.89. The summed E-state index contributed by atoms with van der Waals surface area (Å²) in [4.78, 5) is 24.0. The van der Waals surface area contributed by atoms with Crippen LogP contribution in [0.3, 0.4) is 0 Å². The summed E-state index contributed by atoms with van der Waals surface area (Å²) in [6.45, 7) is 0.273. The molecule has 0 bridgehead atoms. The number of hydrogen-bond acceptors (Lipinski definition) is 13. The van der Waals surface area contributed by atoms with Crippen LogP contribution in [0.1, 0.15) is 39.3 Å². The second-order valence-electron chi connectivity index (χ2n) is 7.64. The predicted molar refractivity (Wildman–Crippen MR) is 109 cm³/mol. The van der Waals surface area contributed by atoms with E-state index < -0.39 is 94.5 Å². The Kier molecular flexibility index (Phi) is 6.74. The number of rotatable bonds is 5. The average molecular weight is 482 g/mol. The van der Waals surface area contributed by atoms with Crippen LogP contribution < -0.4 is 0 Å². The summed E-state index contributed by atoms with van der Waals surface area (Å²) in [6.07, 6.45) is -8.91. The van der Waals surface area contributed by atoms with E-state index in [0.717, 1.165) is 25.1 Å². The van der Waals surface area contributed by atoms with Crippen molar-refractivity contribution in [1.29, 1.82) is 0 Å². The SMILES string of the molecule is CC(=O)c1c(O)cc(O)c([C@@H]2O[C@H](COC(=O)c3cc(O)c(O)c(O)c3)[C@@H](O)[C@H](O)[C@H]2O)c1O. The molecule has 1 fully saturated rings. The molecule has 0 unspecified atom stereocenters. The van der Waals surface area contributed by atoms with Crippen molar-refractivity contribution < 1.29 is 65.0 Å². The number of Topliss-reactive ketones (excluding diaryl/α,β-unsaturated/α-hetero) is 1. The fraction of sp³-hybridized carbons (Fsp3) is 0.333. The fourth-order valence-electron chi connectivity index (χ4n) is 3.57. The van der Waals surface area contributed by atoms with E-state index in [1.54, 1.807) is 0 Å². The molecule has 5 atom stereocenters. The van der Waals surface area contributed by atoms with Crippen LogP contribution in [0.2, 0.25) is 0 Å². The first-order valence-corrected chi connectivity index (χ1v) is 9.75. The lowest BCUT2D eigenvalue weighted by Crippen LogP contribution is -2.55. The molecule has 13 nitrogen and oxygen atoms in total. The molecular weight excluding hydrogens is 460 g/mol. The number of ketones is 1. The Morgan fingerprint density at radius 3 is 1.97 bits per heavy atom. The highest BCUT2D eigenvalue weighted by Gasteiger charge is 2.47. The summed E-state index contributed by atoms with van der Waals surface area (Å²) in [5.74, 6) is -6.86. The molecule has 34 heavy (non-hydrogen) atoms. The van der Waals surface area contributed by atoms with Crippen LogP contribution in [0.15, 0.2) is 18.2 Å². The van der Waals surface area contributed by atoms with Crippen LogP contribution in [-0.2, 0) is 9.47 Å². The van der Waals surface area contributed by atoms with Gasteiger partial charge >= 0.3 is 5.97 Å². The second kappa shape index (κ2) is 9.23. The smallest absolute Gasteiger partial charge is 0.338 e. The molecule has 3 rings (SSSR count). The van der Waals surface area contributed by atoms with Crippen LogP contribution in [0, 0.1) is 0 Å². The lowest BCUT2D eigenvalue weighted by molar-refractivity contribution is -0.232. The molecule has 2 aromatic carbocycles. The zero-order valence-corrected chi connectivity index (χ0v) is 17.5. The third-order valence-corrected chi connectivity index (χ3v) is 5.33. The van der Waals surface area contributed by atoms with Crippen LogP contribution in [0.5, 0.6) is 34.5 Å². The molecule has 0 spiro atoms. The van der Waals surface area contributed by atoms with Gasteiger partial charge in [0, 0.05) is 6.07 Å². The van der Waals surface area contributed by atoms with Gasteiger partial charge in [0.15, 0.2) is 23.0 Å². The highest BCUT2D eigenvalue weighted by atomic mass is 16.6. The van der Waals surface area contributed by atoms with E-state index in [1.807, 2.05) is 0 Å². The van der Waals surface area contributed by atoms with Crippen molar-refractivity contribution in [2.45, 2.75) is 37.4 Å². The number of carbonyl (C=O) groups is 2. The Morgan fingerprint density at radius 2 is 1.41 bits per heavy atom. The zero-order valence-electron chi connectivity index (χ0n) is 17.5. The van der Waals surface area contributed by atoms with Crippen molar-refractivity contribution in [1.82, 2.24) is 0 Å². The molecule has 0 radical (unpaired) electrons. The number of aliphatic hydroxyl groups excluding tert-OH is 3. The average Bonchev–Trinajstić information content (AvgIpc) is 2.75. The molecule has 0 aromatic heterocycles. The van der Waals surface area contributed by atoms with Crippen LogP contribution in [0.4, 0.5) is 0 Å². The number of aliphatic hydroxyl groups is 3. The summed E-state index contributed by atoms with van der Waals surface area (Å²) >= 11 is 0. The Bertz CT molecular complexity index is 1110. The van der Waals surface area contributed by atoms with Gasteiger partial charge in [-0.05, 0) is 19.1 Å². The molecule has 2 aromatic rings. The highest BCUT2D eigenvalue weighted by Crippen LogP contribution is 2.46. The van der Waals surface area contributed by atoms with Gasteiger partial charge in [0.1, 0.15) is 59.9 Å². The maximum absolute atomic E-state index is 12.3. The summed E-state index contributed by atoms with van der Waals surface area (Å²) in [5.41, 5.74) is -1.53. The highest BCUT2D eigenvalue weighted by molar-refractivity contribution is 6.00. The summed E-state index contributed by atoms with van der Waals surface area (Å²) in [5, 5.41) is 89.8. The lowest BCUT2D eigenvalue weighted by Gasteiger charge is -2.40. The van der Waals surface area contributed by atoms with Crippen molar-refractivity contribution in [2.75, 3.05) is 6.61 Å². The minimum absolute atomic E-state index is 0.379. The van der Waals surface area contributed by atoms with Gasteiger partial charge in [-0.15, -0.1) is 0 Å². The number of phenolic OH excluding ortho intramolecular Hbond substituents is 6. The van der Waals surface area contributed by atoms with E-state index in [-0.39, 0.29) is 5.56 Å². The van der Waals surface area contributed by atoms with Gasteiger partial charge in [-0.1, -0.05) is 0 Å². The molecule has 1 heterocycles. The predicted octanol–water partition coefficient (Wildman–Crippen LogP) is -0.498. The second-order valence-corrected chi connectivity index (χ2v) is 7.64. The quantitative estimate of drug-likeness (QED) is 0.149. The minimum Gasteiger partial charge on any atom is -0.507 e. The number of aromatic hydroxyl groups is 6. The van der Waals surface area contributed by atoms with Crippen molar-refractivity contribution in [3.63, 3.8) is 0 Å². The van der Waals surface area contributed by atoms with E-state index in [9.17, 15) is 55.5 Å². The molecule has 9 N–H and O–H groups in total. The molecule has 1 aliphatic rings. The van der Waals surface area contributed by atoms with Crippen LogP contribution >= 0.6 is 0 Å². The molecule has 0 saturated carbocycles. The third-order valence-electron chi connectivity index (χ3n) is 5.33. The van der Waals surface area contributed by atoms with E-state index >= 15 is 0 Å².